The van der Waals surface area contributed by atoms with E-state index in [0.717, 1.165) is 0 Å². The molecule has 0 spiro atoms. The summed E-state index contributed by atoms with van der Waals surface area (Å²) in [5, 5.41) is 13.2. The molecule has 0 aromatic rings. The summed E-state index contributed by atoms with van der Waals surface area (Å²) in [6.07, 6.45) is 4.13. The van der Waals surface area contributed by atoms with Gasteiger partial charge in [-0.15, -0.1) is 0 Å². The number of esters is 1. The van der Waals surface area contributed by atoms with Gasteiger partial charge >= 0.3 is 5.97 Å². The van der Waals surface area contributed by atoms with E-state index in [2.05, 4.69) is 5.32 Å². The molecule has 3 saturated carbocycles. The number of carbonyl (C=O) groups excluding carboxylic acids is 2. The summed E-state index contributed by atoms with van der Waals surface area (Å²) < 4.78 is 5.41. The van der Waals surface area contributed by atoms with Gasteiger partial charge in [0.05, 0.1) is 12.0 Å². The van der Waals surface area contributed by atoms with Crippen molar-refractivity contribution in [3.05, 3.63) is 0 Å². The van der Waals surface area contributed by atoms with Gasteiger partial charge in [0.25, 0.3) is 0 Å². The predicted octanol–water partition coefficient (Wildman–Crippen LogP) is 1.88. The molecule has 0 unspecified atom stereocenters. The van der Waals surface area contributed by atoms with E-state index in [1.165, 1.54) is 19.3 Å². The number of carbonyl (C=O) groups is 2. The summed E-state index contributed by atoms with van der Waals surface area (Å²) in [6, 6.07) is 0. The zero-order chi connectivity index (χ0) is 16.8. The average Bonchev–Trinajstić information content (AvgIpc) is 2.80. The lowest BCUT2D eigenvalue weighted by molar-refractivity contribution is -0.160. The van der Waals surface area contributed by atoms with Crippen molar-refractivity contribution in [2.45, 2.75) is 64.6 Å². The van der Waals surface area contributed by atoms with Crippen LogP contribution in [0.5, 0.6) is 0 Å². The maximum atomic E-state index is 12.2. The zero-order valence-corrected chi connectivity index (χ0v) is 14.4. The number of aliphatic hydroxyl groups is 1. The molecule has 130 valence electrons. The van der Waals surface area contributed by atoms with Crippen LogP contribution in [0.3, 0.4) is 0 Å². The molecule has 3 rings (SSSR count). The fraction of sp³-hybridized carbons (Fsp3) is 0.889. The SMILES string of the molecule is CC(C)(C)OC(=O)[C@H]1C[C@@H](CNC(=O)C2[C@H]3CCC[C@H]23)[C@@H](O)C1. The lowest BCUT2D eigenvalue weighted by atomic mass is 10.0. The monoisotopic (exact) mass is 323 g/mol. The molecule has 0 heterocycles. The first-order chi connectivity index (χ1) is 10.8. The van der Waals surface area contributed by atoms with E-state index in [1.54, 1.807) is 0 Å². The first-order valence-corrected chi connectivity index (χ1v) is 8.95. The van der Waals surface area contributed by atoms with Gasteiger partial charge in [-0.2, -0.15) is 0 Å². The minimum atomic E-state index is -0.536. The highest BCUT2D eigenvalue weighted by Crippen LogP contribution is 2.57. The Labute approximate surface area is 138 Å². The highest BCUT2D eigenvalue weighted by atomic mass is 16.6. The molecule has 5 nitrogen and oxygen atoms in total. The molecule has 2 N–H and O–H groups in total. The van der Waals surface area contributed by atoms with Gasteiger partial charge in [-0.1, -0.05) is 6.42 Å². The lowest BCUT2D eigenvalue weighted by Crippen LogP contribution is -2.34. The molecule has 0 radical (unpaired) electrons. The highest BCUT2D eigenvalue weighted by Gasteiger charge is 2.56. The van der Waals surface area contributed by atoms with E-state index in [-0.39, 0.29) is 29.6 Å². The normalized spacial score (nSPS) is 39.0. The van der Waals surface area contributed by atoms with E-state index >= 15 is 0 Å². The Balaban J connectivity index is 1.44. The van der Waals surface area contributed by atoms with Crippen LogP contribution in [0.4, 0.5) is 0 Å². The molecule has 0 aromatic carbocycles. The van der Waals surface area contributed by atoms with E-state index in [1.807, 2.05) is 20.8 Å². The molecule has 5 atom stereocenters. The minimum Gasteiger partial charge on any atom is -0.460 e. The van der Waals surface area contributed by atoms with Crippen molar-refractivity contribution in [3.8, 4) is 0 Å². The van der Waals surface area contributed by atoms with E-state index in [4.69, 9.17) is 4.74 Å². The predicted molar refractivity (Wildman–Crippen MR) is 85.4 cm³/mol. The fourth-order valence-electron chi connectivity index (χ4n) is 4.46. The minimum absolute atomic E-state index is 0.0462. The van der Waals surface area contributed by atoms with E-state index in [9.17, 15) is 14.7 Å². The van der Waals surface area contributed by atoms with Crippen molar-refractivity contribution in [2.75, 3.05) is 6.54 Å². The number of fused-ring (bicyclic) bond motifs is 1. The largest absolute Gasteiger partial charge is 0.460 e. The molecular formula is C18H29NO4. The third-order valence-electron chi connectivity index (χ3n) is 5.65. The Morgan fingerprint density at radius 3 is 2.43 bits per heavy atom. The third-order valence-corrected chi connectivity index (χ3v) is 5.65. The van der Waals surface area contributed by atoms with Gasteiger partial charge in [0, 0.05) is 18.4 Å². The van der Waals surface area contributed by atoms with Crippen LogP contribution in [0.15, 0.2) is 0 Å². The zero-order valence-electron chi connectivity index (χ0n) is 14.4. The van der Waals surface area contributed by atoms with Crippen LogP contribution >= 0.6 is 0 Å². The molecule has 0 saturated heterocycles. The van der Waals surface area contributed by atoms with Gasteiger partial charge in [0.15, 0.2) is 0 Å². The van der Waals surface area contributed by atoms with Gasteiger partial charge in [0.2, 0.25) is 5.91 Å². The van der Waals surface area contributed by atoms with Crippen molar-refractivity contribution in [3.63, 3.8) is 0 Å². The van der Waals surface area contributed by atoms with Gasteiger partial charge in [-0.3, -0.25) is 9.59 Å². The summed E-state index contributed by atoms with van der Waals surface area (Å²) in [6.45, 7) is 6.01. The number of aliphatic hydroxyl groups excluding tert-OH is 1. The second-order valence-electron chi connectivity index (χ2n) is 8.56. The van der Waals surface area contributed by atoms with Crippen LogP contribution in [0.2, 0.25) is 0 Å². The highest BCUT2D eigenvalue weighted by molar-refractivity contribution is 5.82. The number of nitrogens with one attached hydrogen (secondary N) is 1. The Morgan fingerprint density at radius 1 is 1.17 bits per heavy atom. The van der Waals surface area contributed by atoms with Crippen LogP contribution in [-0.4, -0.2) is 35.2 Å². The Bertz CT molecular complexity index is 474. The van der Waals surface area contributed by atoms with Crippen LogP contribution < -0.4 is 5.32 Å². The third kappa shape index (κ3) is 3.70. The van der Waals surface area contributed by atoms with E-state index in [0.29, 0.717) is 31.2 Å². The number of hydrogen-bond acceptors (Lipinski definition) is 4. The molecule has 1 amide bonds. The van der Waals surface area contributed by atoms with Crippen LogP contribution in [0.25, 0.3) is 0 Å². The Morgan fingerprint density at radius 2 is 1.83 bits per heavy atom. The van der Waals surface area contributed by atoms with Crippen molar-refractivity contribution in [2.24, 2.45) is 29.6 Å². The van der Waals surface area contributed by atoms with Crippen LogP contribution in [-0.2, 0) is 14.3 Å². The standard InChI is InChI=1S/C18H29NO4/c1-18(2,3)23-17(22)10-7-11(14(20)8-10)9-19-16(21)15-12-5-4-6-13(12)15/h10-15,20H,4-9H2,1-3H3,(H,19,21)/t10-,11-,12-,13-,14-/m0/s1. The first-order valence-electron chi connectivity index (χ1n) is 8.95. The molecule has 3 aliphatic rings. The fourth-order valence-corrected chi connectivity index (χ4v) is 4.46. The number of hydrogen-bond donors (Lipinski definition) is 2. The summed E-state index contributed by atoms with van der Waals surface area (Å²) >= 11 is 0. The molecule has 23 heavy (non-hydrogen) atoms. The van der Waals surface area contributed by atoms with E-state index < -0.39 is 11.7 Å². The van der Waals surface area contributed by atoms with Gasteiger partial charge in [-0.05, 0) is 58.3 Å². The van der Waals surface area contributed by atoms with Crippen molar-refractivity contribution in [1.82, 2.24) is 5.32 Å². The van der Waals surface area contributed by atoms with Gasteiger partial charge in [0.1, 0.15) is 5.60 Å². The topological polar surface area (TPSA) is 75.6 Å². The molecule has 0 bridgehead atoms. The molecular weight excluding hydrogens is 294 g/mol. The van der Waals surface area contributed by atoms with Crippen LogP contribution in [0, 0.1) is 29.6 Å². The first kappa shape index (κ1) is 16.7. The Kier molecular flexibility index (Phi) is 4.43. The second kappa shape index (κ2) is 6.08. The molecule has 0 aliphatic heterocycles. The number of rotatable bonds is 4. The number of amides is 1. The van der Waals surface area contributed by atoms with Crippen molar-refractivity contribution >= 4 is 11.9 Å². The summed E-state index contributed by atoms with van der Waals surface area (Å²) in [5.74, 6) is 1.04. The van der Waals surface area contributed by atoms with Crippen LogP contribution in [0.1, 0.15) is 52.9 Å². The Hall–Kier alpha value is -1.10. The van der Waals surface area contributed by atoms with Gasteiger partial charge < -0.3 is 15.2 Å². The molecule has 3 fully saturated rings. The van der Waals surface area contributed by atoms with Gasteiger partial charge in [-0.25, -0.2) is 0 Å². The molecule has 5 heteroatoms. The maximum Gasteiger partial charge on any atom is 0.309 e. The molecule has 0 aromatic heterocycles. The maximum absolute atomic E-state index is 12.2. The second-order valence-corrected chi connectivity index (χ2v) is 8.56. The number of ether oxygens (including phenoxy) is 1. The molecule has 3 aliphatic carbocycles. The summed E-state index contributed by atoms with van der Waals surface area (Å²) in [5.41, 5.74) is -0.502. The van der Waals surface area contributed by atoms with Crippen molar-refractivity contribution in [1.29, 1.82) is 0 Å². The quantitative estimate of drug-likeness (QED) is 0.775. The lowest BCUT2D eigenvalue weighted by Gasteiger charge is -2.22. The average molecular weight is 323 g/mol. The van der Waals surface area contributed by atoms with Crippen molar-refractivity contribution < 1.29 is 19.4 Å². The summed E-state index contributed by atoms with van der Waals surface area (Å²) in [4.78, 5) is 24.3. The smallest absolute Gasteiger partial charge is 0.309 e. The summed E-state index contributed by atoms with van der Waals surface area (Å²) in [7, 11) is 0.